The van der Waals surface area contributed by atoms with E-state index in [4.69, 9.17) is 46.2 Å². The molecule has 0 aliphatic heterocycles. The Morgan fingerprint density at radius 1 is 0.288 bits per heavy atom. The van der Waals surface area contributed by atoms with E-state index >= 15 is 0 Å². The number of hydrogen-bond acceptors (Lipinski definition) is 8. The highest BCUT2D eigenvalue weighted by Gasteiger charge is 2.22. The lowest BCUT2D eigenvalue weighted by molar-refractivity contribution is 0.353. The zero-order chi connectivity index (χ0) is 91.1. The second-order valence-electron chi connectivity index (χ2n) is 39.3. The van der Waals surface area contributed by atoms with Gasteiger partial charge in [0.25, 0.3) is 0 Å². The number of hydrogen-bond donors (Lipinski definition) is 4. The van der Waals surface area contributed by atoms with Gasteiger partial charge in [-0.05, 0) is 232 Å². The fraction of sp³-hybridized carbons (Fsp3) is 0.433. The van der Waals surface area contributed by atoms with E-state index in [0.717, 1.165) is 57.0 Å². The number of pyridine rings is 1. The van der Waals surface area contributed by atoms with Crippen LogP contribution in [0.1, 0.15) is 276 Å². The molecule has 0 aliphatic carbocycles. The van der Waals surface area contributed by atoms with E-state index in [2.05, 4.69) is 194 Å². The second kappa shape index (κ2) is 46.3. The van der Waals surface area contributed by atoms with Crippen molar-refractivity contribution in [2.45, 2.75) is 275 Å². The minimum atomic E-state index is -0.567. The summed E-state index contributed by atoms with van der Waals surface area (Å²) in [5, 5.41) is 37.0. The summed E-state index contributed by atoms with van der Waals surface area (Å²) in [5.74, 6) is 0.410. The molecule has 118 heavy (non-hydrogen) atoms. The quantitative estimate of drug-likeness (QED) is 0.129. The van der Waals surface area contributed by atoms with Gasteiger partial charge in [-0.1, -0.05) is 305 Å². The Hall–Kier alpha value is -9.33. The van der Waals surface area contributed by atoms with Crippen LogP contribution in [0, 0.1) is 29.1 Å². The fourth-order valence-corrected chi connectivity index (χ4v) is 10.5. The third-order valence-corrected chi connectivity index (χ3v) is 18.6. The van der Waals surface area contributed by atoms with Crippen molar-refractivity contribution in [1.29, 1.82) is 0 Å². The Kier molecular flexibility index (Phi) is 41.9. The van der Waals surface area contributed by atoms with Crippen molar-refractivity contribution < 1.29 is 56.6 Å². The normalized spacial score (nSPS) is 11.6. The zero-order valence-corrected chi connectivity index (χ0v) is 78.4. The Morgan fingerprint density at radius 3 is 1.04 bits per heavy atom. The maximum Gasteiger partial charge on any atom is 0.165 e. The van der Waals surface area contributed by atoms with Gasteiger partial charge in [-0.2, -0.15) is 0 Å². The molecule has 10 aromatic rings. The number of methoxy groups -OCH3 is 3. The molecular formula is C104H143ClF5NO7. The van der Waals surface area contributed by atoms with Crippen molar-refractivity contribution >= 4 is 11.6 Å². The van der Waals surface area contributed by atoms with Gasteiger partial charge >= 0.3 is 0 Å². The molecule has 0 bridgehead atoms. The first-order valence-corrected chi connectivity index (χ1v) is 40.5. The Bertz CT molecular complexity index is 4390. The second-order valence-corrected chi connectivity index (χ2v) is 39.7. The van der Waals surface area contributed by atoms with Gasteiger partial charge in [-0.15, -0.1) is 0 Å². The summed E-state index contributed by atoms with van der Waals surface area (Å²) in [6.07, 6.45) is 2.99. The van der Waals surface area contributed by atoms with Crippen molar-refractivity contribution in [3.63, 3.8) is 0 Å². The van der Waals surface area contributed by atoms with Crippen LogP contribution in [-0.4, -0.2) is 46.7 Å². The number of phenols is 4. The highest BCUT2D eigenvalue weighted by atomic mass is 35.5. The van der Waals surface area contributed by atoms with Gasteiger partial charge in [0.2, 0.25) is 0 Å². The summed E-state index contributed by atoms with van der Waals surface area (Å²) < 4.78 is 79.0. The number of halogens is 6. The van der Waals surface area contributed by atoms with Crippen LogP contribution >= 0.6 is 11.6 Å². The first-order chi connectivity index (χ1) is 53.8. The van der Waals surface area contributed by atoms with E-state index in [1.54, 1.807) is 63.8 Å². The van der Waals surface area contributed by atoms with Crippen molar-refractivity contribution in [1.82, 2.24) is 4.98 Å². The van der Waals surface area contributed by atoms with Crippen LogP contribution in [0.2, 0.25) is 5.02 Å². The van der Waals surface area contributed by atoms with Gasteiger partial charge in [-0.25, -0.2) is 22.0 Å². The molecule has 0 unspecified atom stereocenters. The maximum atomic E-state index is 12.9. The van der Waals surface area contributed by atoms with Gasteiger partial charge in [0.05, 0.1) is 21.3 Å². The molecular weight excluding hydrogens is 1510 g/mol. The third-order valence-electron chi connectivity index (χ3n) is 18.4. The Balaban J connectivity index is 0.000000656. The molecule has 10 rings (SSSR count). The average molecular weight is 1650 g/mol. The highest BCUT2D eigenvalue weighted by Crippen LogP contribution is 2.35. The molecule has 0 fully saturated rings. The molecule has 8 nitrogen and oxygen atoms in total. The van der Waals surface area contributed by atoms with Gasteiger partial charge in [0, 0.05) is 28.4 Å². The number of ether oxygens (including phenoxy) is 3. The molecule has 9 aromatic carbocycles. The highest BCUT2D eigenvalue weighted by molar-refractivity contribution is 6.30. The predicted octanol–water partition coefficient (Wildman–Crippen LogP) is 30.0. The molecule has 0 saturated heterocycles. The lowest BCUT2D eigenvalue weighted by Crippen LogP contribution is -2.13. The van der Waals surface area contributed by atoms with Gasteiger partial charge in [0.1, 0.15) is 34.7 Å². The number of rotatable bonds is 4. The third kappa shape index (κ3) is 41.4. The number of aromatic nitrogens is 1. The number of benzene rings is 9. The van der Waals surface area contributed by atoms with E-state index in [9.17, 15) is 22.0 Å². The summed E-state index contributed by atoms with van der Waals surface area (Å²) in [6.45, 7) is 65.4. The van der Waals surface area contributed by atoms with E-state index in [1.165, 1.54) is 87.6 Å². The molecule has 14 heteroatoms. The largest absolute Gasteiger partial charge is 0.508 e. The number of nitrogens with zero attached hydrogens (tertiary/aromatic N) is 1. The maximum absolute atomic E-state index is 12.9. The first kappa shape index (κ1) is 107. The predicted molar refractivity (Wildman–Crippen MR) is 490 cm³/mol. The van der Waals surface area contributed by atoms with Crippen LogP contribution < -0.4 is 14.2 Å². The molecule has 4 N–H and O–H groups in total. The van der Waals surface area contributed by atoms with Crippen LogP contribution in [0.3, 0.4) is 0 Å². The minimum absolute atomic E-state index is 0.0140. The number of aromatic hydroxyl groups is 4. The first-order valence-electron chi connectivity index (χ1n) is 40.2. The molecule has 1 heterocycles. The Labute approximate surface area is 713 Å². The SMILES string of the molecule is CC(C)(C)c1cc(O)cc(F)c1.CC(C)(C)c1ccc(F)c(O)c1.CC(C)(C)c1ccc(F)cc1.CC(C)(C)c1ccc(O)c(F)c1.CC(C)(C)c1ccc(O)cc1.CC(C)(C)c1cccc(Cl)c1.CC(C)(C)c1cccc(F)c1.CCc1ccnc(C(C)(C)C)c1.COc1ccc(C(C)(C)C)cc1.COc1ccc(C(C)(C)C)cc1OC. The summed E-state index contributed by atoms with van der Waals surface area (Å²) >= 11 is 5.85. The van der Waals surface area contributed by atoms with Crippen molar-refractivity contribution in [3.05, 3.63) is 308 Å². The molecule has 0 saturated carbocycles. The van der Waals surface area contributed by atoms with Crippen molar-refractivity contribution in [2.75, 3.05) is 21.3 Å². The summed E-state index contributed by atoms with van der Waals surface area (Å²) in [7, 11) is 4.99. The lowest BCUT2D eigenvalue weighted by Gasteiger charge is -2.20. The van der Waals surface area contributed by atoms with Crippen LogP contribution in [0.4, 0.5) is 22.0 Å². The molecule has 0 radical (unpaired) electrons. The fourth-order valence-electron chi connectivity index (χ4n) is 10.3. The summed E-state index contributed by atoms with van der Waals surface area (Å²) in [6, 6.07) is 60.4. The average Bonchev–Trinajstić information content (AvgIpc) is 0.807. The van der Waals surface area contributed by atoms with Crippen LogP contribution in [0.25, 0.3) is 0 Å². The Morgan fingerprint density at radius 2 is 0.669 bits per heavy atom. The molecule has 0 spiro atoms. The van der Waals surface area contributed by atoms with Crippen LogP contribution in [0.5, 0.6) is 40.2 Å². The van der Waals surface area contributed by atoms with E-state index in [0.29, 0.717) is 5.75 Å². The van der Waals surface area contributed by atoms with Gasteiger partial charge in [0.15, 0.2) is 34.6 Å². The minimum Gasteiger partial charge on any atom is -0.508 e. The van der Waals surface area contributed by atoms with Gasteiger partial charge < -0.3 is 34.6 Å². The van der Waals surface area contributed by atoms with Crippen LogP contribution in [-0.2, 0) is 60.6 Å². The molecule has 0 atom stereocenters. The molecule has 0 amide bonds. The smallest absolute Gasteiger partial charge is 0.165 e. The lowest BCUT2D eigenvalue weighted by atomic mass is 9.87. The monoisotopic (exact) mass is 1650 g/mol. The zero-order valence-electron chi connectivity index (χ0n) is 77.6. The summed E-state index contributed by atoms with van der Waals surface area (Å²) in [5.41, 5.74) is 13.3. The summed E-state index contributed by atoms with van der Waals surface area (Å²) in [4.78, 5) is 4.36. The van der Waals surface area contributed by atoms with E-state index < -0.39 is 11.6 Å². The standard InChI is InChI=1S/C12H18O2.C11H17N.C11H16O.C10H13Cl.3C10H13FO.2C10H13F.C10H14O/c1-12(2,3)9-6-7-10(13-4)11(8-9)14-5;1-5-9-6-7-12-10(8-9)11(2,3)4;1-11(2,3)9-5-7-10(12-4)8-6-9;1-10(2,3)8-5-4-6-9(11)7-8;1-10(2,3)7-4-8(11)6-9(12)5-7;1-10(2,3)7-4-5-9(12)8(11)6-7;1-10(2,3)7-4-5-8(11)9(12)6-7;1-10(2,3)8-4-6-9(11)7-5-8;1-10(2,3)8-5-4-6-9(11)7-8;1-10(2,3)8-4-6-9(11)7-5-8/h6-8H,1-5H3;6-8H,5H2,1-4H3;5-8H,1-4H3;4-7H,1-3H3;3*4-6,12H,1-3H3;2*4-7H,1-3H3;4-7,11H,1-3H3. The van der Waals surface area contributed by atoms with E-state index in [-0.39, 0.29) is 88.9 Å². The van der Waals surface area contributed by atoms with E-state index in [1.807, 2.05) is 141 Å². The van der Waals surface area contributed by atoms with Crippen LogP contribution in [0.15, 0.2) is 212 Å². The van der Waals surface area contributed by atoms with Gasteiger partial charge in [-0.3, -0.25) is 4.98 Å². The number of phenolic OH excluding ortho intramolecular Hbond substituents is 4. The van der Waals surface area contributed by atoms with Crippen molar-refractivity contribution in [3.8, 4) is 40.2 Å². The molecule has 1 aromatic heterocycles. The molecule has 0 aliphatic rings. The topological polar surface area (TPSA) is 122 Å². The van der Waals surface area contributed by atoms with Crippen molar-refractivity contribution in [2.24, 2.45) is 0 Å². The number of aryl methyl sites for hydroxylation is 1. The molecule has 648 valence electrons.